The van der Waals surface area contributed by atoms with Crippen molar-refractivity contribution in [3.05, 3.63) is 59.2 Å². The van der Waals surface area contributed by atoms with Crippen molar-refractivity contribution in [3.63, 3.8) is 0 Å². The van der Waals surface area contributed by atoms with Crippen LogP contribution in [0.4, 0.5) is 22.0 Å². The van der Waals surface area contributed by atoms with E-state index in [1.54, 1.807) is 0 Å². The zero-order valence-electron chi connectivity index (χ0n) is 12.5. The summed E-state index contributed by atoms with van der Waals surface area (Å²) in [6.45, 7) is -3.24. The summed E-state index contributed by atoms with van der Waals surface area (Å²) in [5.74, 6) is -1.70. The molecule has 0 aliphatic rings. The molecule has 0 saturated heterocycles. The van der Waals surface area contributed by atoms with Crippen LogP contribution < -0.4 is 10.1 Å². The van der Waals surface area contributed by atoms with E-state index in [2.05, 4.69) is 10.1 Å². The van der Waals surface area contributed by atoms with Gasteiger partial charge in [0.15, 0.2) is 0 Å². The van der Waals surface area contributed by atoms with Crippen molar-refractivity contribution >= 4 is 5.91 Å². The van der Waals surface area contributed by atoms with Crippen molar-refractivity contribution in [1.82, 2.24) is 5.32 Å². The normalized spacial score (nSPS) is 11.4. The highest BCUT2D eigenvalue weighted by atomic mass is 19.4. The number of rotatable bonds is 5. The fourth-order valence-electron chi connectivity index (χ4n) is 2.08. The molecular weight excluding hydrogens is 349 g/mol. The number of carbonyl (C=O) groups is 1. The van der Waals surface area contributed by atoms with E-state index in [0.717, 1.165) is 6.07 Å². The molecule has 134 valence electrons. The first-order valence-electron chi connectivity index (χ1n) is 6.89. The number of ether oxygens (including phenoxy) is 1. The standard InChI is InChI=1S/C16H12F5NO3/c17-15(18)25-11-3-1-2-9(6-11)8-22-14(24)12-7-10(23)4-5-13(12)16(19,20)21/h1-7,15,23H,8H2,(H,22,24). The molecule has 0 unspecified atom stereocenters. The van der Waals surface area contributed by atoms with Crippen LogP contribution in [0.15, 0.2) is 42.5 Å². The van der Waals surface area contributed by atoms with Crippen molar-refractivity contribution < 1.29 is 36.6 Å². The van der Waals surface area contributed by atoms with E-state index in [0.29, 0.717) is 17.7 Å². The lowest BCUT2D eigenvalue weighted by atomic mass is 10.1. The first kappa shape index (κ1) is 18.5. The quantitative estimate of drug-likeness (QED) is 0.793. The molecular formula is C16H12F5NO3. The Bertz CT molecular complexity index is 762. The van der Waals surface area contributed by atoms with Crippen LogP contribution in [0.3, 0.4) is 0 Å². The topological polar surface area (TPSA) is 58.6 Å². The molecule has 0 bridgehead atoms. The van der Waals surface area contributed by atoms with Crippen LogP contribution in [0.5, 0.6) is 11.5 Å². The molecule has 0 aliphatic carbocycles. The average molecular weight is 361 g/mol. The zero-order chi connectivity index (χ0) is 18.6. The third-order valence-electron chi connectivity index (χ3n) is 3.13. The minimum Gasteiger partial charge on any atom is -0.508 e. The molecule has 2 rings (SSSR count). The predicted molar refractivity (Wildman–Crippen MR) is 77.4 cm³/mol. The van der Waals surface area contributed by atoms with Crippen LogP contribution >= 0.6 is 0 Å². The molecule has 0 fully saturated rings. The first-order valence-corrected chi connectivity index (χ1v) is 6.89. The van der Waals surface area contributed by atoms with E-state index >= 15 is 0 Å². The molecule has 0 aliphatic heterocycles. The molecule has 0 atom stereocenters. The second-order valence-corrected chi connectivity index (χ2v) is 4.94. The van der Waals surface area contributed by atoms with Gasteiger partial charge in [-0.3, -0.25) is 4.79 Å². The van der Waals surface area contributed by atoms with Gasteiger partial charge in [-0.1, -0.05) is 12.1 Å². The summed E-state index contributed by atoms with van der Waals surface area (Å²) < 4.78 is 67.3. The molecule has 2 aromatic carbocycles. The van der Waals surface area contributed by atoms with Crippen molar-refractivity contribution in [2.75, 3.05) is 0 Å². The molecule has 9 heteroatoms. The largest absolute Gasteiger partial charge is 0.508 e. The summed E-state index contributed by atoms with van der Waals surface area (Å²) in [6, 6.07) is 7.50. The van der Waals surface area contributed by atoms with Crippen LogP contribution in [-0.4, -0.2) is 17.6 Å². The van der Waals surface area contributed by atoms with E-state index < -0.39 is 35.6 Å². The Morgan fingerprint density at radius 1 is 1.16 bits per heavy atom. The van der Waals surface area contributed by atoms with Gasteiger partial charge in [0.25, 0.3) is 5.91 Å². The van der Waals surface area contributed by atoms with Gasteiger partial charge in [-0.25, -0.2) is 0 Å². The number of amides is 1. The number of nitrogens with one attached hydrogen (secondary N) is 1. The van der Waals surface area contributed by atoms with Crippen molar-refractivity contribution in [1.29, 1.82) is 0 Å². The minimum absolute atomic E-state index is 0.143. The molecule has 25 heavy (non-hydrogen) atoms. The zero-order valence-corrected chi connectivity index (χ0v) is 12.5. The van der Waals surface area contributed by atoms with Crippen LogP contribution in [0.2, 0.25) is 0 Å². The van der Waals surface area contributed by atoms with E-state index in [-0.39, 0.29) is 12.3 Å². The third kappa shape index (κ3) is 5.07. The molecule has 2 aromatic rings. The van der Waals surface area contributed by atoms with E-state index in [1.807, 2.05) is 0 Å². The summed E-state index contributed by atoms with van der Waals surface area (Å²) in [4.78, 5) is 12.0. The summed E-state index contributed by atoms with van der Waals surface area (Å²) in [5, 5.41) is 11.6. The Balaban J connectivity index is 2.15. The highest BCUT2D eigenvalue weighted by molar-refractivity contribution is 5.96. The lowest BCUT2D eigenvalue weighted by molar-refractivity contribution is -0.137. The number of phenols is 1. The number of aromatic hydroxyl groups is 1. The lowest BCUT2D eigenvalue weighted by Crippen LogP contribution is -2.25. The third-order valence-corrected chi connectivity index (χ3v) is 3.13. The summed E-state index contributed by atoms with van der Waals surface area (Å²) in [5.41, 5.74) is -1.59. The van der Waals surface area contributed by atoms with Gasteiger partial charge < -0.3 is 15.2 Å². The molecule has 0 spiro atoms. The van der Waals surface area contributed by atoms with E-state index in [4.69, 9.17) is 0 Å². The fourth-order valence-corrected chi connectivity index (χ4v) is 2.08. The van der Waals surface area contributed by atoms with Gasteiger partial charge in [-0.15, -0.1) is 0 Å². The first-order chi connectivity index (χ1) is 11.7. The fraction of sp³-hybridized carbons (Fsp3) is 0.188. The number of hydrogen-bond donors (Lipinski definition) is 2. The predicted octanol–water partition coefficient (Wildman–Crippen LogP) is 3.94. The highest BCUT2D eigenvalue weighted by Gasteiger charge is 2.35. The Kier molecular flexibility index (Phi) is 5.45. The number of alkyl halides is 5. The average Bonchev–Trinajstić information content (AvgIpc) is 2.51. The lowest BCUT2D eigenvalue weighted by Gasteiger charge is -2.13. The molecule has 1 amide bonds. The second-order valence-electron chi connectivity index (χ2n) is 4.94. The Labute approximate surface area is 138 Å². The maximum atomic E-state index is 12.9. The smallest absolute Gasteiger partial charge is 0.417 e. The summed E-state index contributed by atoms with van der Waals surface area (Å²) in [7, 11) is 0. The summed E-state index contributed by atoms with van der Waals surface area (Å²) in [6.07, 6.45) is -4.77. The second kappa shape index (κ2) is 7.37. The van der Waals surface area contributed by atoms with Gasteiger partial charge in [0.05, 0.1) is 11.1 Å². The maximum Gasteiger partial charge on any atom is 0.417 e. The van der Waals surface area contributed by atoms with Gasteiger partial charge in [0, 0.05) is 6.54 Å². The number of halogens is 5. The van der Waals surface area contributed by atoms with Crippen molar-refractivity contribution in [3.8, 4) is 11.5 Å². The Morgan fingerprint density at radius 3 is 2.52 bits per heavy atom. The van der Waals surface area contributed by atoms with Crippen molar-refractivity contribution in [2.24, 2.45) is 0 Å². The minimum atomic E-state index is -4.77. The van der Waals surface area contributed by atoms with E-state index in [1.165, 1.54) is 24.3 Å². The highest BCUT2D eigenvalue weighted by Crippen LogP contribution is 2.33. The molecule has 0 heterocycles. The molecule has 0 saturated carbocycles. The van der Waals surface area contributed by atoms with Crippen LogP contribution in [0.1, 0.15) is 21.5 Å². The number of benzene rings is 2. The number of phenolic OH excluding ortho intramolecular Hbond substituents is 1. The van der Waals surface area contributed by atoms with Crippen LogP contribution in [0, 0.1) is 0 Å². The number of hydrogen-bond acceptors (Lipinski definition) is 3. The summed E-state index contributed by atoms with van der Waals surface area (Å²) >= 11 is 0. The SMILES string of the molecule is O=C(NCc1cccc(OC(F)F)c1)c1cc(O)ccc1C(F)(F)F. The van der Waals surface area contributed by atoms with Gasteiger partial charge in [0.2, 0.25) is 0 Å². The van der Waals surface area contributed by atoms with Crippen molar-refractivity contribution in [2.45, 2.75) is 19.3 Å². The van der Waals surface area contributed by atoms with Crippen LogP contribution in [-0.2, 0) is 12.7 Å². The van der Waals surface area contributed by atoms with Gasteiger partial charge in [-0.2, -0.15) is 22.0 Å². The van der Waals surface area contributed by atoms with Gasteiger partial charge >= 0.3 is 12.8 Å². The van der Waals surface area contributed by atoms with Gasteiger partial charge in [0.1, 0.15) is 11.5 Å². The molecule has 2 N–H and O–H groups in total. The van der Waals surface area contributed by atoms with E-state index in [9.17, 15) is 31.9 Å². The molecule has 0 radical (unpaired) electrons. The molecule has 4 nitrogen and oxygen atoms in total. The van der Waals surface area contributed by atoms with Crippen LogP contribution in [0.25, 0.3) is 0 Å². The monoisotopic (exact) mass is 361 g/mol. The Hall–Kier alpha value is -2.84. The maximum absolute atomic E-state index is 12.9. The molecule has 0 aromatic heterocycles. The van der Waals surface area contributed by atoms with Gasteiger partial charge in [-0.05, 0) is 35.9 Å². The number of carbonyl (C=O) groups excluding carboxylic acids is 1. The Morgan fingerprint density at radius 2 is 1.88 bits per heavy atom.